The number of hydrogen-bond donors (Lipinski definition) is 3. The predicted molar refractivity (Wildman–Crippen MR) is 131 cm³/mol. The summed E-state index contributed by atoms with van der Waals surface area (Å²) in [6, 6.07) is 11.3. The summed E-state index contributed by atoms with van der Waals surface area (Å²) < 4.78 is 49.5. The fraction of sp³-hybridized carbons (Fsp3) is 0.360. The van der Waals surface area contributed by atoms with Gasteiger partial charge in [0.2, 0.25) is 0 Å². The fourth-order valence-electron chi connectivity index (χ4n) is 4.36. The summed E-state index contributed by atoms with van der Waals surface area (Å²) in [7, 11) is 0. The zero-order valence-electron chi connectivity index (χ0n) is 20.1. The molecule has 10 nitrogen and oxygen atoms in total. The van der Waals surface area contributed by atoms with Crippen molar-refractivity contribution in [3.63, 3.8) is 0 Å². The number of nitrogens with zero attached hydrogens (tertiary/aromatic N) is 2. The number of ether oxygens (including phenoxy) is 2. The Morgan fingerprint density at radius 1 is 1.21 bits per heavy atom. The van der Waals surface area contributed by atoms with Gasteiger partial charge in [-0.05, 0) is 29.7 Å². The molecule has 204 valence electrons. The molecule has 1 aliphatic heterocycles. The first-order chi connectivity index (χ1) is 18.0. The molecule has 1 saturated heterocycles. The maximum absolute atomic E-state index is 13.5. The second-order valence-corrected chi connectivity index (χ2v) is 8.88. The molecule has 0 spiro atoms. The number of quaternary nitrogens is 1. The van der Waals surface area contributed by atoms with Crippen LogP contribution in [0.1, 0.15) is 5.56 Å². The van der Waals surface area contributed by atoms with Crippen LogP contribution in [0.2, 0.25) is 0 Å². The molecule has 1 aromatic heterocycles. The largest absolute Gasteiger partial charge is 0.622 e. The molecule has 4 rings (SSSR count). The fourth-order valence-corrected chi connectivity index (χ4v) is 4.36. The quantitative estimate of drug-likeness (QED) is 0.215. The maximum atomic E-state index is 13.5. The molecule has 1 aliphatic rings. The molecule has 0 radical (unpaired) electrons. The summed E-state index contributed by atoms with van der Waals surface area (Å²) in [4.78, 5) is 28.7. The first-order valence-electron chi connectivity index (χ1n) is 11.7. The zero-order chi connectivity index (χ0) is 27.5. The number of H-pyrrole nitrogens is 1. The lowest BCUT2D eigenvalue weighted by atomic mass is 10.0. The van der Waals surface area contributed by atoms with Crippen LogP contribution in [-0.2, 0) is 15.7 Å². The van der Waals surface area contributed by atoms with E-state index in [1.165, 1.54) is 24.3 Å². The Balaban J connectivity index is 1.52. The van der Waals surface area contributed by atoms with Crippen molar-refractivity contribution >= 4 is 22.6 Å². The number of rotatable bonds is 9. The number of amides is 1. The van der Waals surface area contributed by atoms with E-state index in [1.54, 1.807) is 23.1 Å². The number of pyridine rings is 1. The second-order valence-electron chi connectivity index (χ2n) is 8.88. The number of hydrogen-bond acceptors (Lipinski definition) is 7. The number of aromatic nitrogens is 1. The molecule has 13 heteroatoms. The lowest BCUT2D eigenvalue weighted by Gasteiger charge is -2.37. The van der Waals surface area contributed by atoms with Gasteiger partial charge in [0, 0.05) is 22.3 Å². The summed E-state index contributed by atoms with van der Waals surface area (Å²) in [6.45, 7) is -0.895. The van der Waals surface area contributed by atoms with E-state index in [2.05, 4.69) is 4.98 Å². The first-order valence-corrected chi connectivity index (χ1v) is 11.7. The van der Waals surface area contributed by atoms with E-state index in [1.807, 2.05) is 0 Å². The Kier molecular flexibility index (Phi) is 8.04. The van der Waals surface area contributed by atoms with Crippen LogP contribution in [0.5, 0.6) is 0 Å². The number of anilines is 1. The SMILES string of the molecule is O=C(O)[N+]([O-])(CCOCCO)CC1CN(c2ccc3cc(-c4ccccc4C(F)(F)F)[nH]c(=O)c3c2)CO1. The van der Waals surface area contributed by atoms with Gasteiger partial charge in [-0.15, -0.1) is 0 Å². The first kappa shape index (κ1) is 27.5. The van der Waals surface area contributed by atoms with Crippen LogP contribution >= 0.6 is 0 Å². The smallest absolute Gasteiger partial charge is 0.513 e. The van der Waals surface area contributed by atoms with Crippen LogP contribution in [-0.4, -0.2) is 78.2 Å². The van der Waals surface area contributed by atoms with Crippen molar-refractivity contribution in [2.75, 3.05) is 51.1 Å². The van der Waals surface area contributed by atoms with Gasteiger partial charge in [-0.25, -0.2) is 0 Å². The number of carbonyl (C=O) groups is 1. The van der Waals surface area contributed by atoms with Gasteiger partial charge in [0.25, 0.3) is 5.56 Å². The van der Waals surface area contributed by atoms with Crippen molar-refractivity contribution in [3.8, 4) is 11.3 Å². The van der Waals surface area contributed by atoms with Crippen molar-refractivity contribution in [2.24, 2.45) is 0 Å². The normalized spacial score (nSPS) is 17.6. The van der Waals surface area contributed by atoms with Gasteiger partial charge < -0.3 is 34.8 Å². The van der Waals surface area contributed by atoms with Crippen LogP contribution in [0.4, 0.5) is 23.7 Å². The van der Waals surface area contributed by atoms with E-state index < -0.39 is 34.1 Å². The molecule has 1 fully saturated rings. The Bertz CT molecular complexity index is 1360. The number of halogens is 3. The Labute approximate surface area is 214 Å². The summed E-state index contributed by atoms with van der Waals surface area (Å²) >= 11 is 0. The number of aliphatic hydroxyl groups is 1. The summed E-state index contributed by atoms with van der Waals surface area (Å²) in [5.74, 6) is 0. The summed E-state index contributed by atoms with van der Waals surface area (Å²) in [5.41, 5.74) is -0.968. The van der Waals surface area contributed by atoms with Gasteiger partial charge in [0.05, 0.1) is 31.9 Å². The average molecular weight is 537 g/mol. The minimum absolute atomic E-state index is 0.00917. The molecule has 0 saturated carbocycles. The third-order valence-electron chi connectivity index (χ3n) is 6.29. The highest BCUT2D eigenvalue weighted by Gasteiger charge is 2.36. The molecule has 2 heterocycles. The standard InChI is InChI=1S/C25H26F3N3O7/c26-25(27,28)21-4-2-1-3-19(21)22-11-16-5-6-17(12-20(16)23(33)29-22)30-13-18(38-15-30)14-31(36,24(34)35)7-9-37-10-8-32/h1-6,11-12,18,32H,7-10,13-15H2,(H,29,33)(H,34,35). The van der Waals surface area contributed by atoms with E-state index in [0.29, 0.717) is 11.1 Å². The monoisotopic (exact) mass is 537 g/mol. The van der Waals surface area contributed by atoms with Crippen LogP contribution in [0, 0.1) is 5.21 Å². The molecule has 2 atom stereocenters. The Morgan fingerprint density at radius 2 is 1.97 bits per heavy atom. The minimum Gasteiger partial charge on any atom is -0.622 e. The lowest BCUT2D eigenvalue weighted by molar-refractivity contribution is -0.811. The van der Waals surface area contributed by atoms with Crippen LogP contribution < -0.4 is 10.5 Å². The van der Waals surface area contributed by atoms with Gasteiger partial charge in [0.1, 0.15) is 25.9 Å². The topological polar surface area (TPSA) is 135 Å². The Morgan fingerprint density at radius 3 is 2.68 bits per heavy atom. The molecule has 38 heavy (non-hydrogen) atoms. The molecule has 2 aromatic carbocycles. The minimum atomic E-state index is -4.59. The lowest BCUT2D eigenvalue weighted by Crippen LogP contribution is -2.53. The van der Waals surface area contributed by atoms with Gasteiger partial charge in [-0.3, -0.25) is 9.44 Å². The number of carboxylic acid groups (broad SMARTS) is 1. The predicted octanol–water partition coefficient (Wildman–Crippen LogP) is 3.38. The number of alkyl halides is 3. The van der Waals surface area contributed by atoms with Crippen molar-refractivity contribution in [1.29, 1.82) is 0 Å². The highest BCUT2D eigenvalue weighted by Crippen LogP contribution is 2.36. The van der Waals surface area contributed by atoms with E-state index in [-0.39, 0.29) is 62.8 Å². The number of aliphatic hydroxyl groups excluding tert-OH is 1. The van der Waals surface area contributed by atoms with E-state index in [4.69, 9.17) is 14.6 Å². The second kappa shape index (κ2) is 11.1. The van der Waals surface area contributed by atoms with Gasteiger partial charge >= 0.3 is 12.3 Å². The molecular weight excluding hydrogens is 511 g/mol. The van der Waals surface area contributed by atoms with Crippen molar-refractivity contribution in [3.05, 3.63) is 69.7 Å². The van der Waals surface area contributed by atoms with Crippen LogP contribution in [0.3, 0.4) is 0 Å². The average Bonchev–Trinajstić information content (AvgIpc) is 3.34. The zero-order valence-corrected chi connectivity index (χ0v) is 20.1. The molecule has 0 bridgehead atoms. The molecule has 3 N–H and O–H groups in total. The van der Waals surface area contributed by atoms with Crippen LogP contribution in [0.25, 0.3) is 22.0 Å². The van der Waals surface area contributed by atoms with Gasteiger partial charge in [-0.1, -0.05) is 24.3 Å². The Hall–Kier alpha value is -3.49. The van der Waals surface area contributed by atoms with Crippen molar-refractivity contribution in [2.45, 2.75) is 12.3 Å². The molecule has 0 aliphatic carbocycles. The van der Waals surface area contributed by atoms with E-state index >= 15 is 0 Å². The molecule has 2 unspecified atom stereocenters. The third kappa shape index (κ3) is 5.97. The molecule has 1 amide bonds. The number of benzene rings is 2. The van der Waals surface area contributed by atoms with Crippen molar-refractivity contribution < 1.29 is 42.3 Å². The highest BCUT2D eigenvalue weighted by atomic mass is 19.4. The molecule has 3 aromatic rings. The summed E-state index contributed by atoms with van der Waals surface area (Å²) in [5, 5.41) is 31.7. The van der Waals surface area contributed by atoms with Gasteiger partial charge in [0.15, 0.2) is 0 Å². The third-order valence-corrected chi connectivity index (χ3v) is 6.29. The summed E-state index contributed by atoms with van der Waals surface area (Å²) in [6.07, 6.45) is -6.89. The van der Waals surface area contributed by atoms with Crippen LogP contribution in [0.15, 0.2) is 53.3 Å². The van der Waals surface area contributed by atoms with Gasteiger partial charge in [-0.2, -0.15) is 18.0 Å². The van der Waals surface area contributed by atoms with E-state index in [9.17, 15) is 33.1 Å². The number of fused-ring (bicyclic) bond motifs is 1. The number of nitrogens with one attached hydrogen (secondary N) is 1. The van der Waals surface area contributed by atoms with E-state index in [0.717, 1.165) is 6.07 Å². The highest BCUT2D eigenvalue weighted by molar-refractivity contribution is 5.88. The number of aromatic amines is 1. The van der Waals surface area contributed by atoms with Crippen molar-refractivity contribution in [1.82, 2.24) is 4.98 Å². The maximum Gasteiger partial charge on any atom is 0.513 e. The number of hydroxylamine groups is 3. The molecular formula is C25H26F3N3O7.